The predicted molar refractivity (Wildman–Crippen MR) is 446 cm³/mol. The van der Waals surface area contributed by atoms with Gasteiger partial charge in [-0.25, -0.2) is 0 Å². The summed E-state index contributed by atoms with van der Waals surface area (Å²) in [6.07, 6.45) is 0. The molecule has 103 heavy (non-hydrogen) atoms. The van der Waals surface area contributed by atoms with Gasteiger partial charge in [0.15, 0.2) is 24.2 Å². The van der Waals surface area contributed by atoms with Crippen LogP contribution in [0.2, 0.25) is 0 Å². The normalized spacial score (nSPS) is 12.6. The highest BCUT2D eigenvalue weighted by atomic mass is 28.3. The van der Waals surface area contributed by atoms with E-state index in [1.54, 1.807) is 0 Å². The van der Waals surface area contributed by atoms with Crippen molar-refractivity contribution < 1.29 is 0 Å². The highest BCUT2D eigenvalue weighted by Gasteiger charge is 2.49. The van der Waals surface area contributed by atoms with Gasteiger partial charge in [-0.05, 0) is 139 Å². The fraction of sp³-hybridized carbons (Fsp3) is 0. The van der Waals surface area contributed by atoms with Gasteiger partial charge in [-0.1, -0.05) is 364 Å². The average molecular weight is 1360 g/mol. The number of hydrogen-bond acceptors (Lipinski definition) is 2. The number of aromatic nitrogens is 1. The molecule has 3 nitrogen and oxygen atoms in total. The van der Waals surface area contributed by atoms with Crippen molar-refractivity contribution in [1.82, 2.24) is 4.57 Å². The molecule has 0 radical (unpaired) electrons. The van der Waals surface area contributed by atoms with E-state index in [1.807, 2.05) is 0 Å². The fourth-order valence-corrected chi connectivity index (χ4v) is 32.3. The van der Waals surface area contributed by atoms with E-state index in [0.29, 0.717) is 0 Å². The van der Waals surface area contributed by atoms with Crippen molar-refractivity contribution in [2.45, 2.75) is 0 Å². The molecular weight excluding hydrogens is 1290 g/mol. The summed E-state index contributed by atoms with van der Waals surface area (Å²) in [5.41, 5.74) is 14.0. The largest absolute Gasteiger partial charge is 0.311 e. The Morgan fingerprint density at radius 1 is 0.184 bits per heavy atom. The fourth-order valence-electron chi connectivity index (χ4n) is 18.0. The average Bonchev–Trinajstić information content (AvgIpc) is 1.06. The van der Waals surface area contributed by atoms with Crippen molar-refractivity contribution in [3.63, 3.8) is 0 Å². The molecule has 3 heterocycles. The Hall–Kier alpha value is -12.4. The van der Waals surface area contributed by atoms with E-state index >= 15 is 0 Å². The predicted octanol–water partition coefficient (Wildman–Crippen LogP) is 13.0. The van der Waals surface area contributed by atoms with Crippen LogP contribution >= 0.6 is 0 Å². The Labute approximate surface area is 605 Å². The minimum Gasteiger partial charge on any atom is -0.311 e. The monoisotopic (exact) mass is 1360 g/mol. The third-order valence-corrected chi connectivity index (χ3v) is 36.5. The van der Waals surface area contributed by atoms with Gasteiger partial charge in [0.05, 0.1) is 16.7 Å². The summed E-state index contributed by atoms with van der Waals surface area (Å²) >= 11 is 0. The zero-order chi connectivity index (χ0) is 68.3. The Morgan fingerprint density at radius 3 is 0.893 bits per heavy atom. The van der Waals surface area contributed by atoms with Crippen LogP contribution in [0.5, 0.6) is 0 Å². The molecule has 0 amide bonds. The van der Waals surface area contributed by atoms with Crippen LogP contribution in [0.3, 0.4) is 0 Å². The maximum atomic E-state index is 2.67. The van der Waals surface area contributed by atoms with Gasteiger partial charge in [0.25, 0.3) is 6.71 Å². The Kier molecular flexibility index (Phi) is 15.4. The summed E-state index contributed by atoms with van der Waals surface area (Å²) in [5.74, 6) is 0. The molecule has 0 unspecified atom stereocenters. The van der Waals surface area contributed by atoms with Gasteiger partial charge in [0.1, 0.15) is 0 Å². The van der Waals surface area contributed by atoms with Gasteiger partial charge in [0.2, 0.25) is 0 Å². The number of para-hydroxylation sites is 3. The first-order chi connectivity index (χ1) is 51.1. The molecule has 0 atom stereocenters. The molecule has 484 valence electrons. The summed E-state index contributed by atoms with van der Waals surface area (Å²) in [5, 5.41) is 18.4. The van der Waals surface area contributed by atoms with E-state index in [1.165, 1.54) is 89.4 Å². The second kappa shape index (κ2) is 25.7. The molecule has 19 rings (SSSR count). The van der Waals surface area contributed by atoms with Gasteiger partial charge in [-0.15, -0.1) is 0 Å². The molecule has 2 aliphatic heterocycles. The second-order valence-electron chi connectivity index (χ2n) is 27.3. The smallest absolute Gasteiger partial charge is 0.252 e. The molecule has 0 saturated heterocycles. The minimum absolute atomic E-state index is 0.201. The van der Waals surface area contributed by atoms with E-state index in [2.05, 4.69) is 439 Å². The van der Waals surface area contributed by atoms with E-state index < -0.39 is 24.2 Å². The van der Waals surface area contributed by atoms with Gasteiger partial charge < -0.3 is 14.4 Å². The molecule has 0 N–H and O–H groups in total. The topological polar surface area (TPSA) is 11.4 Å². The van der Waals surface area contributed by atoms with Crippen molar-refractivity contribution in [2.75, 3.05) is 9.80 Å². The summed E-state index contributed by atoms with van der Waals surface area (Å²) in [4.78, 5) is 5.28. The first-order valence-corrected chi connectivity index (χ1v) is 41.8. The molecule has 2 aliphatic rings. The van der Waals surface area contributed by atoms with Crippen molar-refractivity contribution in [1.29, 1.82) is 0 Å². The van der Waals surface area contributed by atoms with Crippen LogP contribution in [0.25, 0.3) is 27.5 Å². The van der Waals surface area contributed by atoms with Crippen molar-refractivity contribution in [3.05, 3.63) is 425 Å². The lowest BCUT2D eigenvalue weighted by molar-refractivity contribution is 1.16. The number of fused-ring (bicyclic) bond motifs is 7. The highest BCUT2D eigenvalue weighted by molar-refractivity contribution is 7.21. The summed E-state index contributed by atoms with van der Waals surface area (Å²) < 4.78 is 2.53. The van der Waals surface area contributed by atoms with E-state index in [-0.39, 0.29) is 6.71 Å². The third kappa shape index (κ3) is 9.76. The minimum atomic E-state index is -3.11. The van der Waals surface area contributed by atoms with Gasteiger partial charge in [-0.2, -0.15) is 0 Å². The molecule has 0 spiro atoms. The first kappa shape index (κ1) is 61.7. The van der Waals surface area contributed by atoms with Gasteiger partial charge >= 0.3 is 0 Å². The van der Waals surface area contributed by atoms with Crippen LogP contribution in [-0.4, -0.2) is 35.5 Å². The number of nitrogens with zero attached hydrogens (tertiary/aromatic N) is 3. The Morgan fingerprint density at radius 2 is 0.485 bits per heavy atom. The van der Waals surface area contributed by atoms with Crippen LogP contribution in [-0.2, 0) is 0 Å². The molecule has 1 aromatic heterocycles. The number of anilines is 6. The number of hydrogen-bond donors (Lipinski definition) is 0. The summed E-state index contributed by atoms with van der Waals surface area (Å²) in [6, 6.07) is 162. The zero-order valence-electron chi connectivity index (χ0n) is 56.8. The molecule has 0 bridgehead atoms. The van der Waals surface area contributed by atoms with Crippen LogP contribution < -0.4 is 88.4 Å². The summed E-state index contributed by atoms with van der Waals surface area (Å²) in [6.45, 7) is -0.201. The van der Waals surface area contributed by atoms with Crippen molar-refractivity contribution >= 4 is 165 Å². The lowest BCUT2D eigenvalue weighted by Crippen LogP contribution is -2.75. The summed E-state index contributed by atoms with van der Waals surface area (Å²) in [7, 11) is -9.10. The van der Waals surface area contributed by atoms with Gasteiger partial charge in [-0.3, -0.25) is 0 Å². The lowest BCUT2D eigenvalue weighted by Gasteiger charge is -2.45. The number of rotatable bonds is 15. The maximum absolute atomic E-state index is 3.11. The quantitative estimate of drug-likeness (QED) is 0.0749. The van der Waals surface area contributed by atoms with Crippen LogP contribution in [0.4, 0.5) is 34.1 Å². The van der Waals surface area contributed by atoms with Crippen molar-refractivity contribution in [2.24, 2.45) is 0 Å². The third-order valence-electron chi connectivity index (χ3n) is 22.2. The van der Waals surface area contributed by atoms with Crippen LogP contribution in [0, 0.1) is 0 Å². The van der Waals surface area contributed by atoms with Crippen LogP contribution in [0.15, 0.2) is 425 Å². The molecular formula is C96H70BN3Si3. The molecule has 0 aliphatic carbocycles. The molecule has 0 fully saturated rings. The molecule has 17 aromatic rings. The zero-order valence-corrected chi connectivity index (χ0v) is 59.8. The van der Waals surface area contributed by atoms with Crippen LogP contribution in [0.1, 0.15) is 0 Å². The van der Waals surface area contributed by atoms with Crippen molar-refractivity contribution in [3.8, 4) is 5.69 Å². The molecule has 0 saturated carbocycles. The lowest BCUT2D eigenvalue weighted by atomic mass is 9.33. The standard InChI is InChI=1S/C96H70BN3Si3/c1-10-36-74(37-11-1)101(75-38-12-2-13-39-75,76-40-14-3-15-41-76)83-63-61-71(62-64-83)98-92-60-33-30-57-88(92)97-89-70-85(103(80-48-22-7-23-49-80,81-50-24-8-25-51-81)82-52-26-9-27-53-82)65-66-93(89)99(95-69-73(68-94(98)96(95)97)100-90-58-31-28-55-86(90)87-56-29-32-59-91(87)100)72-35-34-54-84(67-72)102(77-42-16-4-17-43-77,78-44-18-5-19-45-78)79-46-20-6-21-47-79/h1-70H. The van der Waals surface area contributed by atoms with E-state index in [9.17, 15) is 0 Å². The SMILES string of the molecule is c1ccc([Si](c2ccccc2)(c2ccccc2)c2ccc(N3c4ccccc4B4c5cc([Si](c6ccccc6)(c6ccccc6)c6ccccc6)ccc5N(c5cccc([Si](c6ccccc6)(c6ccccc6)c6ccccc6)c5)c5cc(-n6c7ccccc7c7ccccc76)cc3c54)cc2)cc1. The van der Waals surface area contributed by atoms with Gasteiger partial charge in [0, 0.05) is 44.9 Å². The Balaban J connectivity index is 0.931. The molecule has 16 aromatic carbocycles. The second-order valence-corrected chi connectivity index (χ2v) is 38.8. The highest BCUT2D eigenvalue weighted by Crippen LogP contribution is 2.46. The molecule has 7 heteroatoms. The van der Waals surface area contributed by atoms with E-state index in [0.717, 1.165) is 50.8 Å². The maximum Gasteiger partial charge on any atom is 0.252 e. The number of benzene rings is 16. The Bertz CT molecular complexity index is 5590. The van der Waals surface area contributed by atoms with E-state index in [4.69, 9.17) is 0 Å². The first-order valence-electron chi connectivity index (χ1n) is 35.8.